The standard InChI is InChI=1S/C26H33N3O4S/c1-19-11-10-15-26(2,3)20(19)12-8-6-4-5-7-9-13-22(31)27-21-14-16-29(25(32)28-21)23-18-34-24(17-30)33-23/h4-9,12-14,16,23-24,30H,10-11,15,17-18H2,1-3H3,(H,27,28,31,32)/b6-4+,7-5+,12-8+,13-9+/t23-,24+/m1/s1. The quantitative estimate of drug-likeness (QED) is 0.417. The first-order valence-corrected chi connectivity index (χ1v) is 12.5. The third kappa shape index (κ3) is 7.16. The van der Waals surface area contributed by atoms with Crippen LogP contribution in [0.1, 0.15) is 46.3 Å². The molecule has 34 heavy (non-hydrogen) atoms. The number of ether oxygens (including phenoxy) is 1. The predicted molar refractivity (Wildman–Crippen MR) is 137 cm³/mol. The molecule has 2 heterocycles. The monoisotopic (exact) mass is 483 g/mol. The van der Waals surface area contributed by atoms with E-state index in [9.17, 15) is 9.59 Å². The molecule has 1 fully saturated rings. The molecule has 0 bridgehead atoms. The molecule has 0 saturated carbocycles. The number of carbonyl (C=O) groups excluding carboxylic acids is 1. The fraction of sp³-hybridized carbons (Fsp3) is 0.423. The third-order valence-corrected chi connectivity index (χ3v) is 6.99. The van der Waals surface area contributed by atoms with Gasteiger partial charge in [0.2, 0.25) is 5.91 Å². The molecular formula is C26H33N3O4S. The predicted octanol–water partition coefficient (Wildman–Crippen LogP) is 4.51. The number of allylic oxidation sites excluding steroid dienone is 9. The van der Waals surface area contributed by atoms with Gasteiger partial charge >= 0.3 is 5.69 Å². The van der Waals surface area contributed by atoms with Gasteiger partial charge in [0.05, 0.1) is 6.61 Å². The van der Waals surface area contributed by atoms with Gasteiger partial charge in [0.25, 0.3) is 0 Å². The number of thioether (sulfide) groups is 1. The second-order valence-electron chi connectivity index (χ2n) is 8.95. The molecule has 0 spiro atoms. The molecule has 1 aromatic rings. The summed E-state index contributed by atoms with van der Waals surface area (Å²) in [5, 5.41) is 11.7. The Hall–Kier alpha value is -2.68. The lowest BCUT2D eigenvalue weighted by atomic mass is 9.73. The van der Waals surface area contributed by atoms with Crippen molar-refractivity contribution in [2.75, 3.05) is 17.7 Å². The minimum absolute atomic E-state index is 0.110. The van der Waals surface area contributed by atoms with E-state index in [-0.39, 0.29) is 29.2 Å². The Morgan fingerprint density at radius 1 is 1.29 bits per heavy atom. The fourth-order valence-corrected chi connectivity index (χ4v) is 5.05. The number of carbonyl (C=O) groups is 1. The van der Waals surface area contributed by atoms with Crippen LogP contribution >= 0.6 is 11.8 Å². The summed E-state index contributed by atoms with van der Waals surface area (Å²) in [6.07, 6.45) is 19.4. The van der Waals surface area contributed by atoms with E-state index in [0.717, 1.165) is 0 Å². The van der Waals surface area contributed by atoms with Crippen molar-refractivity contribution in [3.63, 3.8) is 0 Å². The molecule has 2 N–H and O–H groups in total. The summed E-state index contributed by atoms with van der Waals surface area (Å²) in [5.41, 5.74) is 2.26. The number of amides is 1. The molecule has 3 rings (SSSR count). The van der Waals surface area contributed by atoms with Crippen LogP contribution in [0, 0.1) is 5.41 Å². The molecule has 0 radical (unpaired) electrons. The van der Waals surface area contributed by atoms with E-state index in [4.69, 9.17) is 9.84 Å². The largest absolute Gasteiger partial charge is 0.393 e. The highest BCUT2D eigenvalue weighted by atomic mass is 32.2. The summed E-state index contributed by atoms with van der Waals surface area (Å²) in [5.74, 6) is 0.338. The number of hydrogen-bond acceptors (Lipinski definition) is 6. The summed E-state index contributed by atoms with van der Waals surface area (Å²) >= 11 is 1.44. The van der Waals surface area contributed by atoms with Crippen molar-refractivity contribution in [2.45, 2.75) is 51.7 Å². The number of nitrogens with one attached hydrogen (secondary N) is 1. The molecule has 1 aliphatic heterocycles. The van der Waals surface area contributed by atoms with Crippen molar-refractivity contribution < 1.29 is 14.6 Å². The van der Waals surface area contributed by atoms with Crippen molar-refractivity contribution in [1.82, 2.24) is 9.55 Å². The van der Waals surface area contributed by atoms with Crippen LogP contribution in [-0.4, -0.2) is 38.4 Å². The van der Waals surface area contributed by atoms with Crippen LogP contribution in [0.2, 0.25) is 0 Å². The zero-order valence-electron chi connectivity index (χ0n) is 19.9. The molecule has 0 unspecified atom stereocenters. The van der Waals surface area contributed by atoms with Gasteiger partial charge in [-0.3, -0.25) is 9.36 Å². The van der Waals surface area contributed by atoms with Crippen molar-refractivity contribution in [2.24, 2.45) is 5.41 Å². The molecule has 7 nitrogen and oxygen atoms in total. The van der Waals surface area contributed by atoms with E-state index in [1.165, 1.54) is 59.0 Å². The van der Waals surface area contributed by atoms with Crippen molar-refractivity contribution in [3.8, 4) is 0 Å². The average molecular weight is 484 g/mol. The SMILES string of the molecule is CC1=C(/C=C/C=C/C=C/C=C/C(=O)Nc2ccn([C@H]3CS[C@@H](CO)O3)c(=O)n2)C(C)(C)CCC1. The molecule has 2 aliphatic rings. The molecular weight excluding hydrogens is 450 g/mol. The average Bonchev–Trinajstić information content (AvgIpc) is 3.26. The van der Waals surface area contributed by atoms with Crippen LogP contribution in [0.4, 0.5) is 5.82 Å². The number of aromatic nitrogens is 2. The summed E-state index contributed by atoms with van der Waals surface area (Å²) in [6, 6.07) is 1.54. The fourth-order valence-electron chi connectivity index (χ4n) is 4.12. The Labute approximate surface area is 205 Å². The van der Waals surface area contributed by atoms with Crippen molar-refractivity contribution in [1.29, 1.82) is 0 Å². The summed E-state index contributed by atoms with van der Waals surface area (Å²) in [7, 11) is 0. The Bertz CT molecular complexity index is 1080. The normalized spacial score (nSPS) is 23.2. The highest BCUT2D eigenvalue weighted by Gasteiger charge is 2.27. The van der Waals surface area contributed by atoms with E-state index in [2.05, 4.69) is 43.2 Å². The molecule has 8 heteroatoms. The zero-order valence-corrected chi connectivity index (χ0v) is 20.8. The molecule has 1 amide bonds. The molecule has 0 aromatic carbocycles. The van der Waals surface area contributed by atoms with Crippen LogP contribution in [-0.2, 0) is 9.53 Å². The van der Waals surface area contributed by atoms with Crippen molar-refractivity contribution in [3.05, 3.63) is 82.5 Å². The number of rotatable bonds is 8. The Balaban J connectivity index is 1.47. The minimum Gasteiger partial charge on any atom is -0.393 e. The maximum absolute atomic E-state index is 12.2. The van der Waals surface area contributed by atoms with Gasteiger partial charge in [-0.15, -0.1) is 11.8 Å². The van der Waals surface area contributed by atoms with Gasteiger partial charge in [0.15, 0.2) is 0 Å². The highest BCUT2D eigenvalue weighted by molar-refractivity contribution is 8.00. The van der Waals surface area contributed by atoms with Gasteiger partial charge in [-0.1, -0.05) is 62.0 Å². The molecule has 1 saturated heterocycles. The number of anilines is 1. The minimum atomic E-state index is -0.522. The first kappa shape index (κ1) is 25.9. The van der Waals surface area contributed by atoms with Gasteiger partial charge in [0, 0.05) is 18.0 Å². The van der Waals surface area contributed by atoms with Gasteiger partial charge < -0.3 is 15.2 Å². The highest BCUT2D eigenvalue weighted by Crippen LogP contribution is 2.40. The summed E-state index contributed by atoms with van der Waals surface area (Å²) < 4.78 is 6.91. The van der Waals surface area contributed by atoms with Gasteiger partial charge in [0.1, 0.15) is 17.5 Å². The third-order valence-electron chi connectivity index (χ3n) is 5.88. The van der Waals surface area contributed by atoms with E-state index in [1.54, 1.807) is 18.2 Å². The lowest BCUT2D eigenvalue weighted by Gasteiger charge is -2.32. The van der Waals surface area contributed by atoms with Crippen LogP contribution in [0.5, 0.6) is 0 Å². The number of aliphatic hydroxyl groups is 1. The molecule has 182 valence electrons. The molecule has 2 atom stereocenters. The second-order valence-corrected chi connectivity index (χ2v) is 10.1. The first-order chi connectivity index (χ1) is 16.3. The number of hydrogen-bond donors (Lipinski definition) is 2. The molecule has 1 aromatic heterocycles. The summed E-state index contributed by atoms with van der Waals surface area (Å²) in [6.45, 7) is 6.70. The van der Waals surface area contributed by atoms with Crippen LogP contribution < -0.4 is 11.0 Å². The second kappa shape index (κ2) is 12.1. The van der Waals surface area contributed by atoms with Crippen LogP contribution in [0.15, 0.2) is 76.8 Å². The van der Waals surface area contributed by atoms with Crippen LogP contribution in [0.3, 0.4) is 0 Å². The smallest absolute Gasteiger partial charge is 0.351 e. The Kier molecular flexibility index (Phi) is 9.27. The van der Waals surface area contributed by atoms with E-state index in [1.807, 2.05) is 18.2 Å². The number of aliphatic hydroxyl groups excluding tert-OH is 1. The molecule has 1 aliphatic carbocycles. The van der Waals surface area contributed by atoms with E-state index < -0.39 is 11.9 Å². The number of nitrogens with zero attached hydrogens (tertiary/aromatic N) is 2. The lowest BCUT2D eigenvalue weighted by molar-refractivity contribution is -0.111. The van der Waals surface area contributed by atoms with Crippen molar-refractivity contribution >= 4 is 23.5 Å². The van der Waals surface area contributed by atoms with Gasteiger partial charge in [-0.2, -0.15) is 4.98 Å². The first-order valence-electron chi connectivity index (χ1n) is 11.5. The van der Waals surface area contributed by atoms with Gasteiger partial charge in [-0.25, -0.2) is 4.79 Å². The van der Waals surface area contributed by atoms with Gasteiger partial charge in [-0.05, 0) is 43.2 Å². The maximum atomic E-state index is 12.2. The Morgan fingerprint density at radius 2 is 2.03 bits per heavy atom. The Morgan fingerprint density at radius 3 is 2.71 bits per heavy atom. The van der Waals surface area contributed by atoms with E-state index in [0.29, 0.717) is 5.75 Å². The zero-order chi connectivity index (χ0) is 24.6. The maximum Gasteiger partial charge on any atom is 0.351 e. The lowest BCUT2D eigenvalue weighted by Crippen LogP contribution is -2.29. The summed E-state index contributed by atoms with van der Waals surface area (Å²) in [4.78, 5) is 28.2. The topological polar surface area (TPSA) is 93.5 Å². The van der Waals surface area contributed by atoms with Crippen LogP contribution in [0.25, 0.3) is 0 Å². The van der Waals surface area contributed by atoms with E-state index >= 15 is 0 Å².